The van der Waals surface area contributed by atoms with Crippen LogP contribution in [0.4, 0.5) is 5.95 Å². The SMILES string of the molecule is Nc1ncc2c([C@H]3C[C@H](O)[C@@H](C(O)P=O)O3)cc(O)cc2n1. The van der Waals surface area contributed by atoms with E-state index in [0.717, 1.165) is 0 Å². The molecule has 4 atom stereocenters. The van der Waals surface area contributed by atoms with Gasteiger partial charge in [-0.3, -0.25) is 4.57 Å². The van der Waals surface area contributed by atoms with Gasteiger partial charge in [-0.15, -0.1) is 0 Å². The van der Waals surface area contributed by atoms with Crippen LogP contribution in [0.5, 0.6) is 5.75 Å². The topological polar surface area (TPSA) is 139 Å². The highest BCUT2D eigenvalue weighted by atomic mass is 31.1. The number of aliphatic hydroxyl groups is 2. The van der Waals surface area contributed by atoms with Crippen molar-refractivity contribution in [3.8, 4) is 5.75 Å². The van der Waals surface area contributed by atoms with Crippen LogP contribution in [-0.2, 0) is 9.30 Å². The van der Waals surface area contributed by atoms with Gasteiger partial charge in [-0.25, -0.2) is 9.97 Å². The largest absolute Gasteiger partial charge is 0.508 e. The Labute approximate surface area is 126 Å². The number of anilines is 1. The van der Waals surface area contributed by atoms with Gasteiger partial charge in [0.05, 0.1) is 17.7 Å². The number of rotatable bonds is 3. The fourth-order valence-corrected chi connectivity index (χ4v) is 3.03. The first-order chi connectivity index (χ1) is 10.5. The number of aromatic hydroxyl groups is 1. The normalized spacial score (nSPS) is 26.5. The van der Waals surface area contributed by atoms with Crippen molar-refractivity contribution in [1.29, 1.82) is 0 Å². The molecule has 1 fully saturated rings. The molecule has 2 heterocycles. The van der Waals surface area contributed by atoms with E-state index < -0.39 is 32.6 Å². The van der Waals surface area contributed by atoms with Gasteiger partial charge in [-0.1, -0.05) is 0 Å². The Morgan fingerprint density at radius 3 is 2.95 bits per heavy atom. The molecule has 116 valence electrons. The van der Waals surface area contributed by atoms with E-state index in [2.05, 4.69) is 9.97 Å². The summed E-state index contributed by atoms with van der Waals surface area (Å²) in [5, 5.41) is 30.0. The lowest BCUT2D eigenvalue weighted by molar-refractivity contribution is -0.0362. The predicted molar refractivity (Wildman–Crippen MR) is 77.5 cm³/mol. The summed E-state index contributed by atoms with van der Waals surface area (Å²) in [6.45, 7) is 0. The lowest BCUT2D eigenvalue weighted by Gasteiger charge is -2.17. The van der Waals surface area contributed by atoms with Gasteiger partial charge < -0.3 is 25.8 Å². The highest BCUT2D eigenvalue weighted by Gasteiger charge is 2.40. The molecule has 5 N–H and O–H groups in total. The second-order valence-corrected chi connectivity index (χ2v) is 5.85. The fraction of sp³-hybridized carbons (Fsp3) is 0.385. The summed E-state index contributed by atoms with van der Waals surface area (Å²) in [5.74, 6) is -1.25. The molecule has 0 bridgehead atoms. The number of fused-ring (bicyclic) bond motifs is 1. The molecule has 2 aromatic rings. The second kappa shape index (κ2) is 5.73. The van der Waals surface area contributed by atoms with Gasteiger partial charge in [0.1, 0.15) is 11.9 Å². The van der Waals surface area contributed by atoms with Crippen LogP contribution in [0.25, 0.3) is 10.9 Å². The summed E-state index contributed by atoms with van der Waals surface area (Å²) in [6.07, 6.45) is -0.805. The maximum absolute atomic E-state index is 10.8. The third-order valence-electron chi connectivity index (χ3n) is 3.64. The molecule has 22 heavy (non-hydrogen) atoms. The van der Waals surface area contributed by atoms with Gasteiger partial charge in [0, 0.05) is 24.1 Å². The zero-order chi connectivity index (χ0) is 15.9. The van der Waals surface area contributed by atoms with E-state index in [9.17, 15) is 19.9 Å². The second-order valence-electron chi connectivity index (χ2n) is 5.11. The number of hydrogen-bond acceptors (Lipinski definition) is 8. The Morgan fingerprint density at radius 2 is 2.23 bits per heavy atom. The molecule has 0 aliphatic carbocycles. The molecule has 0 radical (unpaired) electrons. The maximum atomic E-state index is 10.8. The Hall–Kier alpha value is -1.86. The molecular weight excluding hydrogens is 309 g/mol. The Kier molecular flexibility index (Phi) is 3.92. The monoisotopic (exact) mass is 323 g/mol. The first-order valence-corrected chi connectivity index (χ1v) is 7.47. The summed E-state index contributed by atoms with van der Waals surface area (Å²) in [7, 11) is -0.516. The lowest BCUT2D eigenvalue weighted by Crippen LogP contribution is -2.30. The number of aromatic nitrogens is 2. The average molecular weight is 323 g/mol. The third-order valence-corrected chi connectivity index (χ3v) is 4.15. The lowest BCUT2D eigenvalue weighted by atomic mass is 10.0. The summed E-state index contributed by atoms with van der Waals surface area (Å²) in [6, 6.07) is 2.94. The first kappa shape index (κ1) is 15.1. The zero-order valence-corrected chi connectivity index (χ0v) is 12.2. The molecule has 1 aliphatic heterocycles. The van der Waals surface area contributed by atoms with Crippen molar-refractivity contribution in [3.05, 3.63) is 23.9 Å². The van der Waals surface area contributed by atoms with Crippen molar-refractivity contribution in [2.45, 2.75) is 30.6 Å². The van der Waals surface area contributed by atoms with E-state index in [4.69, 9.17) is 10.5 Å². The summed E-state index contributed by atoms with van der Waals surface area (Å²) in [4.78, 5) is 7.97. The van der Waals surface area contributed by atoms with Crippen molar-refractivity contribution in [3.63, 3.8) is 0 Å². The van der Waals surface area contributed by atoms with Crippen LogP contribution in [0, 0.1) is 0 Å². The molecule has 8 nitrogen and oxygen atoms in total. The molecule has 1 aromatic carbocycles. The molecule has 9 heteroatoms. The Bertz CT molecular complexity index is 723. The molecule has 0 amide bonds. The first-order valence-electron chi connectivity index (χ1n) is 6.59. The summed E-state index contributed by atoms with van der Waals surface area (Å²) in [5.41, 5.74) is 6.56. The number of ether oxygens (including phenoxy) is 1. The molecule has 1 unspecified atom stereocenters. The van der Waals surface area contributed by atoms with Gasteiger partial charge in [-0.2, -0.15) is 0 Å². The van der Waals surface area contributed by atoms with Crippen LogP contribution < -0.4 is 5.73 Å². The molecule has 1 aromatic heterocycles. The number of phenolic OH excluding ortho intramolecular Hbond substituents is 1. The zero-order valence-electron chi connectivity index (χ0n) is 11.3. The van der Waals surface area contributed by atoms with E-state index in [1.807, 2.05) is 0 Å². The van der Waals surface area contributed by atoms with E-state index in [0.29, 0.717) is 16.5 Å². The van der Waals surface area contributed by atoms with Crippen LogP contribution in [0.15, 0.2) is 18.3 Å². The van der Waals surface area contributed by atoms with Crippen molar-refractivity contribution in [2.24, 2.45) is 0 Å². The van der Waals surface area contributed by atoms with Crippen molar-refractivity contribution in [2.75, 3.05) is 5.73 Å². The predicted octanol–water partition coefficient (Wildman–Crippen LogP) is 0.719. The number of hydrogen-bond donors (Lipinski definition) is 4. The summed E-state index contributed by atoms with van der Waals surface area (Å²) >= 11 is 0. The number of aliphatic hydroxyl groups excluding tert-OH is 2. The van der Waals surface area contributed by atoms with E-state index in [1.54, 1.807) is 0 Å². The smallest absolute Gasteiger partial charge is 0.220 e. The molecule has 1 saturated heterocycles. The van der Waals surface area contributed by atoms with Crippen LogP contribution in [0.3, 0.4) is 0 Å². The molecule has 1 aliphatic rings. The van der Waals surface area contributed by atoms with Gasteiger partial charge >= 0.3 is 0 Å². The van der Waals surface area contributed by atoms with Crippen LogP contribution in [0.1, 0.15) is 18.1 Å². The number of nitrogens with zero attached hydrogens (tertiary/aromatic N) is 2. The fourth-order valence-electron chi connectivity index (χ4n) is 2.65. The van der Waals surface area contributed by atoms with Gasteiger partial charge in [0.25, 0.3) is 0 Å². The summed E-state index contributed by atoms with van der Waals surface area (Å²) < 4.78 is 16.4. The van der Waals surface area contributed by atoms with Crippen LogP contribution >= 0.6 is 8.46 Å². The molecule has 0 saturated carbocycles. The Balaban J connectivity index is 2.02. The number of benzene rings is 1. The minimum atomic E-state index is -1.31. The minimum Gasteiger partial charge on any atom is -0.508 e. The quantitative estimate of drug-likeness (QED) is 0.606. The van der Waals surface area contributed by atoms with Crippen molar-refractivity contribution >= 4 is 25.3 Å². The highest BCUT2D eigenvalue weighted by molar-refractivity contribution is 7.24. The van der Waals surface area contributed by atoms with Gasteiger partial charge in [0.2, 0.25) is 5.95 Å². The number of phenols is 1. The molecule has 0 spiro atoms. The molecule has 3 rings (SSSR count). The van der Waals surface area contributed by atoms with Crippen molar-refractivity contribution < 1.29 is 24.6 Å². The van der Waals surface area contributed by atoms with Crippen LogP contribution in [0.2, 0.25) is 0 Å². The minimum absolute atomic E-state index is 0.0235. The van der Waals surface area contributed by atoms with E-state index in [1.165, 1.54) is 18.3 Å². The van der Waals surface area contributed by atoms with E-state index in [-0.39, 0.29) is 18.1 Å². The van der Waals surface area contributed by atoms with Gasteiger partial charge in [-0.05, 0) is 11.6 Å². The number of nitrogens with two attached hydrogens (primary N) is 1. The van der Waals surface area contributed by atoms with Crippen LogP contribution in [-0.4, -0.2) is 43.3 Å². The molecular formula is C13H14N3O5P. The van der Waals surface area contributed by atoms with Crippen molar-refractivity contribution in [1.82, 2.24) is 9.97 Å². The van der Waals surface area contributed by atoms with Gasteiger partial charge in [0.15, 0.2) is 14.3 Å². The number of nitrogen functional groups attached to an aromatic ring is 1. The maximum Gasteiger partial charge on any atom is 0.220 e. The third kappa shape index (κ3) is 2.62. The standard InChI is InChI=1S/C13H14N3O5P/c14-13-15-4-7-6(1-5(17)2-8(7)16-13)10-3-9(18)11(21-10)12(19)22-20/h1-2,4,9-12,17-19H,3H2,(H2,14,15,16)/t9-,10+,11-,12?/m0/s1. The highest BCUT2D eigenvalue weighted by Crippen LogP contribution is 2.40. The Morgan fingerprint density at radius 1 is 1.45 bits per heavy atom. The van der Waals surface area contributed by atoms with E-state index >= 15 is 0 Å². The average Bonchev–Trinajstić information content (AvgIpc) is 2.87.